The maximum absolute atomic E-state index is 12.6. The second-order valence-electron chi connectivity index (χ2n) is 6.89. The minimum Gasteiger partial charge on any atom is -0.497 e. The van der Waals surface area contributed by atoms with E-state index in [0.29, 0.717) is 31.1 Å². The maximum Gasteiger partial charge on any atom is 0.260 e. The maximum atomic E-state index is 12.6. The van der Waals surface area contributed by atoms with Crippen molar-refractivity contribution in [1.29, 1.82) is 0 Å². The Labute approximate surface area is 172 Å². The number of hydrogen-bond donors (Lipinski definition) is 1. The fourth-order valence-electron chi connectivity index (χ4n) is 3.50. The Bertz CT molecular complexity index is 1020. The highest BCUT2D eigenvalue weighted by atomic mass is 32.1. The molecule has 3 aromatic rings. The Morgan fingerprint density at radius 3 is 2.90 bits per heavy atom. The largest absolute Gasteiger partial charge is 0.497 e. The number of ether oxygens (including phenoxy) is 2. The summed E-state index contributed by atoms with van der Waals surface area (Å²) in [4.78, 5) is 26.3. The number of amides is 1. The van der Waals surface area contributed by atoms with Crippen molar-refractivity contribution in [3.05, 3.63) is 35.7 Å². The van der Waals surface area contributed by atoms with Gasteiger partial charge in [-0.2, -0.15) is 4.98 Å². The molecule has 0 bridgehead atoms. The van der Waals surface area contributed by atoms with Crippen molar-refractivity contribution in [2.24, 2.45) is 0 Å². The lowest BCUT2D eigenvalue weighted by Gasteiger charge is -2.40. The van der Waals surface area contributed by atoms with Crippen molar-refractivity contribution in [2.75, 3.05) is 44.0 Å². The first-order valence-electron chi connectivity index (χ1n) is 9.37. The number of nitrogens with two attached hydrogens (primary N) is 1. The number of hydrogen-bond acceptors (Lipinski definition) is 8. The highest BCUT2D eigenvalue weighted by molar-refractivity contribution is 7.16. The number of nitrogen functional groups attached to an aromatic ring is 1. The zero-order valence-electron chi connectivity index (χ0n) is 16.4. The predicted octanol–water partition coefficient (Wildman–Crippen LogP) is 2.40. The molecule has 0 radical (unpaired) electrons. The van der Waals surface area contributed by atoms with E-state index in [2.05, 4.69) is 21.8 Å². The third-order valence-electron chi connectivity index (χ3n) is 4.98. The zero-order valence-corrected chi connectivity index (χ0v) is 17.2. The smallest absolute Gasteiger partial charge is 0.260 e. The average Bonchev–Trinajstić information content (AvgIpc) is 3.20. The molecule has 0 spiro atoms. The minimum atomic E-state index is -0.0396. The molecule has 1 saturated heterocycles. The van der Waals surface area contributed by atoms with Gasteiger partial charge in [0.2, 0.25) is 5.95 Å². The number of carbonyl (C=O) groups is 1. The lowest BCUT2D eigenvalue weighted by molar-refractivity contribution is -0.134. The van der Waals surface area contributed by atoms with Gasteiger partial charge in [-0.15, -0.1) is 11.3 Å². The van der Waals surface area contributed by atoms with Crippen LogP contribution in [0.25, 0.3) is 10.2 Å². The highest BCUT2D eigenvalue weighted by Gasteiger charge is 2.29. The van der Waals surface area contributed by atoms with Gasteiger partial charge in [0, 0.05) is 31.7 Å². The van der Waals surface area contributed by atoms with Gasteiger partial charge in [0.15, 0.2) is 6.61 Å². The van der Waals surface area contributed by atoms with Crippen LogP contribution in [0, 0.1) is 0 Å². The molecule has 1 unspecified atom stereocenters. The number of thiophene rings is 1. The third kappa shape index (κ3) is 4.04. The first-order valence-corrected chi connectivity index (χ1v) is 10.2. The quantitative estimate of drug-likeness (QED) is 0.686. The number of methoxy groups -OCH3 is 1. The van der Waals surface area contributed by atoms with E-state index < -0.39 is 0 Å². The molecule has 1 aromatic carbocycles. The summed E-state index contributed by atoms with van der Waals surface area (Å²) in [6, 6.07) is 9.35. The van der Waals surface area contributed by atoms with Gasteiger partial charge in [-0.25, -0.2) is 4.98 Å². The van der Waals surface area contributed by atoms with E-state index in [9.17, 15) is 4.79 Å². The van der Waals surface area contributed by atoms with Gasteiger partial charge >= 0.3 is 0 Å². The van der Waals surface area contributed by atoms with Gasteiger partial charge in [0.1, 0.15) is 22.1 Å². The lowest BCUT2D eigenvalue weighted by atomic mass is 10.1. The Kier molecular flexibility index (Phi) is 5.39. The van der Waals surface area contributed by atoms with Crippen LogP contribution in [0.1, 0.15) is 6.92 Å². The zero-order chi connectivity index (χ0) is 20.4. The van der Waals surface area contributed by atoms with Crippen LogP contribution in [0.2, 0.25) is 0 Å². The van der Waals surface area contributed by atoms with Gasteiger partial charge < -0.3 is 25.0 Å². The van der Waals surface area contributed by atoms with Gasteiger partial charge in [-0.05, 0) is 30.5 Å². The van der Waals surface area contributed by atoms with E-state index in [1.807, 2.05) is 34.5 Å². The van der Waals surface area contributed by atoms with E-state index in [-0.39, 0.29) is 24.5 Å². The van der Waals surface area contributed by atoms with Crippen molar-refractivity contribution >= 4 is 39.2 Å². The molecule has 2 N–H and O–H groups in total. The molecule has 29 heavy (non-hydrogen) atoms. The van der Waals surface area contributed by atoms with Crippen molar-refractivity contribution in [3.63, 3.8) is 0 Å². The Hall–Kier alpha value is -3.07. The van der Waals surface area contributed by atoms with Crippen LogP contribution in [-0.2, 0) is 4.79 Å². The molecule has 1 aliphatic rings. The number of anilines is 2. The number of aromatic nitrogens is 2. The summed E-state index contributed by atoms with van der Waals surface area (Å²) in [5, 5.41) is 2.99. The third-order valence-corrected chi connectivity index (χ3v) is 5.78. The monoisotopic (exact) mass is 413 g/mol. The van der Waals surface area contributed by atoms with Gasteiger partial charge in [0.05, 0.1) is 12.5 Å². The fraction of sp³-hybridized carbons (Fsp3) is 0.350. The fourth-order valence-corrected chi connectivity index (χ4v) is 4.27. The van der Waals surface area contributed by atoms with Crippen molar-refractivity contribution in [3.8, 4) is 11.5 Å². The van der Waals surface area contributed by atoms with Gasteiger partial charge in [-0.1, -0.05) is 6.07 Å². The molecule has 1 aliphatic heterocycles. The minimum absolute atomic E-state index is 0.00484. The number of rotatable bonds is 5. The molecule has 4 rings (SSSR count). The van der Waals surface area contributed by atoms with Crippen molar-refractivity contribution < 1.29 is 14.3 Å². The van der Waals surface area contributed by atoms with Crippen LogP contribution in [0.15, 0.2) is 35.7 Å². The Morgan fingerprint density at radius 1 is 1.28 bits per heavy atom. The van der Waals surface area contributed by atoms with E-state index >= 15 is 0 Å². The van der Waals surface area contributed by atoms with Crippen LogP contribution in [-0.4, -0.2) is 60.2 Å². The van der Waals surface area contributed by atoms with Crippen LogP contribution in [0.4, 0.5) is 11.8 Å². The molecule has 1 atom stereocenters. The molecular formula is C20H23N5O3S. The molecule has 1 amide bonds. The van der Waals surface area contributed by atoms with Crippen LogP contribution in [0.3, 0.4) is 0 Å². The van der Waals surface area contributed by atoms with Gasteiger partial charge in [-0.3, -0.25) is 4.79 Å². The van der Waals surface area contributed by atoms with Crippen molar-refractivity contribution in [2.45, 2.75) is 13.0 Å². The molecule has 8 nitrogen and oxygen atoms in total. The van der Waals surface area contributed by atoms with E-state index in [1.54, 1.807) is 24.5 Å². The number of carbonyl (C=O) groups excluding carboxylic acids is 1. The normalized spacial score (nSPS) is 16.8. The molecular weight excluding hydrogens is 390 g/mol. The predicted molar refractivity (Wildman–Crippen MR) is 114 cm³/mol. The van der Waals surface area contributed by atoms with Crippen LogP contribution >= 0.6 is 11.3 Å². The molecule has 0 saturated carbocycles. The number of fused-ring (bicyclic) bond motifs is 1. The Morgan fingerprint density at radius 2 is 2.10 bits per heavy atom. The number of nitrogens with zero attached hydrogens (tertiary/aromatic N) is 4. The SMILES string of the molecule is COc1cccc(OCC(=O)N2CCN(c3nc(N)nc4sccc34)C(C)C2)c1. The number of benzene rings is 1. The molecule has 2 aromatic heterocycles. The molecule has 152 valence electrons. The van der Waals surface area contributed by atoms with E-state index in [0.717, 1.165) is 16.0 Å². The number of piperazine rings is 1. The summed E-state index contributed by atoms with van der Waals surface area (Å²) in [5.74, 6) is 2.37. The summed E-state index contributed by atoms with van der Waals surface area (Å²) in [6.45, 7) is 3.94. The van der Waals surface area contributed by atoms with Gasteiger partial charge in [0.25, 0.3) is 5.91 Å². The first-order chi connectivity index (χ1) is 14.0. The average molecular weight is 414 g/mol. The summed E-state index contributed by atoms with van der Waals surface area (Å²) >= 11 is 1.55. The Balaban J connectivity index is 1.40. The van der Waals surface area contributed by atoms with Crippen LogP contribution in [0.5, 0.6) is 11.5 Å². The molecule has 1 fully saturated rings. The summed E-state index contributed by atoms with van der Waals surface area (Å²) in [6.07, 6.45) is 0. The molecule has 0 aliphatic carbocycles. The second-order valence-corrected chi connectivity index (χ2v) is 7.79. The summed E-state index contributed by atoms with van der Waals surface area (Å²) < 4.78 is 10.8. The van der Waals surface area contributed by atoms with E-state index in [4.69, 9.17) is 15.2 Å². The van der Waals surface area contributed by atoms with Crippen LogP contribution < -0.4 is 20.1 Å². The topological polar surface area (TPSA) is 93.8 Å². The second kappa shape index (κ2) is 8.12. The first kappa shape index (κ1) is 19.3. The summed E-state index contributed by atoms with van der Waals surface area (Å²) in [7, 11) is 1.60. The lowest BCUT2D eigenvalue weighted by Crippen LogP contribution is -2.55. The molecule has 9 heteroatoms. The van der Waals surface area contributed by atoms with E-state index in [1.165, 1.54) is 0 Å². The molecule has 3 heterocycles. The highest BCUT2D eigenvalue weighted by Crippen LogP contribution is 2.30. The van der Waals surface area contributed by atoms with Crippen molar-refractivity contribution in [1.82, 2.24) is 14.9 Å². The summed E-state index contributed by atoms with van der Waals surface area (Å²) in [5.41, 5.74) is 5.89. The standard InChI is InChI=1S/C20H23N5O3S/c1-13-11-24(17(26)12-28-15-5-3-4-14(10-15)27-2)7-8-25(13)18-16-6-9-29-19(16)23-20(21)22-18/h3-6,9-10,13H,7-8,11-12H2,1-2H3,(H2,21,22,23).